The van der Waals surface area contributed by atoms with Crippen molar-refractivity contribution < 1.29 is 0 Å². The van der Waals surface area contributed by atoms with E-state index in [-0.39, 0.29) is 5.56 Å². The van der Waals surface area contributed by atoms with Crippen LogP contribution in [0.3, 0.4) is 0 Å². The standard InChI is InChI=1S/C15H13N3O/c1-2-11-14(17-9-18-15(11)19)12-5-3-4-10-6-7-16-8-13(10)12/h3-9H,2H2,1H3,(H,17,18,19). The van der Waals surface area contributed by atoms with Gasteiger partial charge in [0.2, 0.25) is 0 Å². The number of nitrogens with one attached hydrogen (secondary N) is 1. The number of benzene rings is 1. The molecule has 0 fully saturated rings. The van der Waals surface area contributed by atoms with Crippen molar-refractivity contribution in [3.8, 4) is 11.3 Å². The maximum absolute atomic E-state index is 11.9. The Morgan fingerprint density at radius 3 is 3.00 bits per heavy atom. The minimum Gasteiger partial charge on any atom is -0.313 e. The van der Waals surface area contributed by atoms with E-state index in [1.807, 2.05) is 37.4 Å². The third kappa shape index (κ3) is 1.91. The third-order valence-corrected chi connectivity index (χ3v) is 3.24. The average Bonchev–Trinajstić information content (AvgIpc) is 2.46. The molecule has 3 aromatic rings. The molecule has 0 aliphatic rings. The molecule has 4 nitrogen and oxygen atoms in total. The molecule has 0 atom stereocenters. The maximum Gasteiger partial charge on any atom is 0.254 e. The SMILES string of the molecule is CCc1c(-c2cccc3ccncc23)nc[nH]c1=O. The number of nitrogens with zero attached hydrogens (tertiary/aromatic N) is 2. The van der Waals surface area contributed by atoms with Crippen LogP contribution in [0.5, 0.6) is 0 Å². The van der Waals surface area contributed by atoms with E-state index in [1.165, 1.54) is 6.33 Å². The molecular formula is C15H13N3O. The molecule has 0 aliphatic carbocycles. The number of rotatable bonds is 2. The molecule has 0 amide bonds. The Morgan fingerprint density at radius 1 is 1.26 bits per heavy atom. The van der Waals surface area contributed by atoms with Crippen LogP contribution in [-0.2, 0) is 6.42 Å². The Balaban J connectivity index is 2.37. The molecule has 2 aromatic heterocycles. The van der Waals surface area contributed by atoms with E-state index in [2.05, 4.69) is 15.0 Å². The zero-order valence-corrected chi connectivity index (χ0v) is 10.6. The van der Waals surface area contributed by atoms with Gasteiger partial charge in [-0.1, -0.05) is 25.1 Å². The molecule has 3 rings (SSSR count). The quantitative estimate of drug-likeness (QED) is 0.761. The van der Waals surface area contributed by atoms with Gasteiger partial charge in [0.05, 0.1) is 12.0 Å². The maximum atomic E-state index is 11.9. The fourth-order valence-electron chi connectivity index (χ4n) is 2.31. The van der Waals surface area contributed by atoms with Crippen LogP contribution in [0.4, 0.5) is 0 Å². The van der Waals surface area contributed by atoms with Crippen molar-refractivity contribution in [3.05, 3.63) is 58.9 Å². The van der Waals surface area contributed by atoms with Crippen molar-refractivity contribution in [1.82, 2.24) is 15.0 Å². The molecule has 0 aliphatic heterocycles. The largest absolute Gasteiger partial charge is 0.313 e. The normalized spacial score (nSPS) is 10.8. The van der Waals surface area contributed by atoms with Gasteiger partial charge < -0.3 is 4.98 Å². The Morgan fingerprint density at radius 2 is 2.16 bits per heavy atom. The van der Waals surface area contributed by atoms with Crippen LogP contribution < -0.4 is 5.56 Å². The smallest absolute Gasteiger partial charge is 0.254 e. The zero-order chi connectivity index (χ0) is 13.2. The van der Waals surface area contributed by atoms with Crippen molar-refractivity contribution >= 4 is 10.8 Å². The van der Waals surface area contributed by atoms with Gasteiger partial charge >= 0.3 is 0 Å². The van der Waals surface area contributed by atoms with Gasteiger partial charge in [-0.15, -0.1) is 0 Å². The van der Waals surface area contributed by atoms with Gasteiger partial charge in [0.15, 0.2) is 0 Å². The first-order valence-electron chi connectivity index (χ1n) is 6.21. The lowest BCUT2D eigenvalue weighted by Crippen LogP contribution is -2.14. The Bertz CT molecular complexity index is 787. The second-order valence-electron chi connectivity index (χ2n) is 4.31. The highest BCUT2D eigenvalue weighted by Gasteiger charge is 2.11. The lowest BCUT2D eigenvalue weighted by molar-refractivity contribution is 1.01. The summed E-state index contributed by atoms with van der Waals surface area (Å²) >= 11 is 0. The van der Waals surface area contributed by atoms with Gasteiger partial charge in [0, 0.05) is 28.9 Å². The number of fused-ring (bicyclic) bond motifs is 1. The first-order chi connectivity index (χ1) is 9.31. The highest BCUT2D eigenvalue weighted by atomic mass is 16.1. The molecule has 0 saturated heterocycles. The number of pyridine rings is 1. The van der Waals surface area contributed by atoms with Crippen molar-refractivity contribution in [2.75, 3.05) is 0 Å². The van der Waals surface area contributed by atoms with E-state index < -0.39 is 0 Å². The molecular weight excluding hydrogens is 238 g/mol. The summed E-state index contributed by atoms with van der Waals surface area (Å²) in [6, 6.07) is 7.93. The Labute approximate surface area is 110 Å². The van der Waals surface area contributed by atoms with Crippen LogP contribution in [-0.4, -0.2) is 15.0 Å². The molecule has 2 heterocycles. The highest BCUT2D eigenvalue weighted by molar-refractivity contribution is 5.95. The zero-order valence-electron chi connectivity index (χ0n) is 10.6. The summed E-state index contributed by atoms with van der Waals surface area (Å²) in [5.74, 6) is 0. The van der Waals surface area contributed by atoms with Crippen molar-refractivity contribution in [3.63, 3.8) is 0 Å². The van der Waals surface area contributed by atoms with E-state index in [4.69, 9.17) is 0 Å². The molecule has 0 spiro atoms. The summed E-state index contributed by atoms with van der Waals surface area (Å²) in [4.78, 5) is 23.0. The van der Waals surface area contributed by atoms with Gasteiger partial charge in [0.25, 0.3) is 5.56 Å². The van der Waals surface area contributed by atoms with E-state index in [0.29, 0.717) is 12.0 Å². The summed E-state index contributed by atoms with van der Waals surface area (Å²) < 4.78 is 0. The number of H-pyrrole nitrogens is 1. The minimum absolute atomic E-state index is 0.0756. The fourth-order valence-corrected chi connectivity index (χ4v) is 2.31. The minimum atomic E-state index is -0.0756. The van der Waals surface area contributed by atoms with Gasteiger partial charge in [0.1, 0.15) is 0 Å². The first-order valence-corrected chi connectivity index (χ1v) is 6.21. The molecule has 94 valence electrons. The summed E-state index contributed by atoms with van der Waals surface area (Å²) in [7, 11) is 0. The van der Waals surface area contributed by atoms with Gasteiger partial charge in [-0.3, -0.25) is 9.78 Å². The highest BCUT2D eigenvalue weighted by Crippen LogP contribution is 2.27. The molecule has 4 heteroatoms. The van der Waals surface area contributed by atoms with Crippen LogP contribution in [0.15, 0.2) is 47.8 Å². The fraction of sp³-hybridized carbons (Fsp3) is 0.133. The van der Waals surface area contributed by atoms with Crippen molar-refractivity contribution in [2.45, 2.75) is 13.3 Å². The van der Waals surface area contributed by atoms with Crippen LogP contribution in [0.25, 0.3) is 22.0 Å². The Kier molecular flexibility index (Phi) is 2.83. The van der Waals surface area contributed by atoms with Crippen molar-refractivity contribution in [1.29, 1.82) is 0 Å². The number of hydrogen-bond acceptors (Lipinski definition) is 3. The Hall–Kier alpha value is -2.49. The number of aromatic amines is 1. The molecule has 1 aromatic carbocycles. The molecule has 19 heavy (non-hydrogen) atoms. The number of aromatic nitrogens is 3. The molecule has 0 radical (unpaired) electrons. The lowest BCUT2D eigenvalue weighted by atomic mass is 10.00. The topological polar surface area (TPSA) is 58.6 Å². The predicted octanol–water partition coefficient (Wildman–Crippen LogP) is 2.55. The van der Waals surface area contributed by atoms with Crippen LogP contribution in [0.1, 0.15) is 12.5 Å². The molecule has 0 saturated carbocycles. The van der Waals surface area contributed by atoms with Gasteiger partial charge in [-0.2, -0.15) is 0 Å². The van der Waals surface area contributed by atoms with Gasteiger partial charge in [-0.05, 0) is 17.9 Å². The summed E-state index contributed by atoms with van der Waals surface area (Å²) in [6.07, 6.45) is 5.67. The van der Waals surface area contributed by atoms with E-state index >= 15 is 0 Å². The molecule has 0 bridgehead atoms. The second kappa shape index (κ2) is 4.65. The van der Waals surface area contributed by atoms with E-state index in [1.54, 1.807) is 6.20 Å². The molecule has 0 unspecified atom stereocenters. The molecule has 1 N–H and O–H groups in total. The van der Waals surface area contributed by atoms with Crippen LogP contribution in [0, 0.1) is 0 Å². The monoisotopic (exact) mass is 251 g/mol. The summed E-state index contributed by atoms with van der Waals surface area (Å²) in [6.45, 7) is 1.96. The van der Waals surface area contributed by atoms with Crippen molar-refractivity contribution in [2.24, 2.45) is 0 Å². The number of hydrogen-bond donors (Lipinski definition) is 1. The lowest BCUT2D eigenvalue weighted by Gasteiger charge is -2.08. The van der Waals surface area contributed by atoms with E-state index in [0.717, 1.165) is 22.0 Å². The van der Waals surface area contributed by atoms with Crippen LogP contribution in [0.2, 0.25) is 0 Å². The summed E-state index contributed by atoms with van der Waals surface area (Å²) in [5.41, 5.74) is 2.32. The van der Waals surface area contributed by atoms with E-state index in [9.17, 15) is 4.79 Å². The third-order valence-electron chi connectivity index (χ3n) is 3.24. The van der Waals surface area contributed by atoms with Crippen LogP contribution >= 0.6 is 0 Å². The second-order valence-corrected chi connectivity index (χ2v) is 4.31. The predicted molar refractivity (Wildman–Crippen MR) is 75.0 cm³/mol. The average molecular weight is 251 g/mol. The summed E-state index contributed by atoms with van der Waals surface area (Å²) in [5, 5.41) is 2.11. The van der Waals surface area contributed by atoms with Gasteiger partial charge in [-0.25, -0.2) is 4.98 Å². The first kappa shape index (κ1) is 11.6.